The molecule has 1 aliphatic carbocycles. The van der Waals surface area contributed by atoms with Gasteiger partial charge >= 0.3 is 5.97 Å². The molecular formula is C18H24N2O5S. The van der Waals surface area contributed by atoms with Gasteiger partial charge in [-0.25, -0.2) is 12.7 Å². The number of benzene rings is 1. The molecule has 8 heteroatoms. The third-order valence-corrected chi connectivity index (χ3v) is 5.91. The number of amides is 1. The molecule has 0 spiro atoms. The number of nitrogens with zero attached hydrogens (tertiary/aromatic N) is 1. The van der Waals surface area contributed by atoms with Crippen LogP contribution in [0.4, 0.5) is 5.69 Å². The lowest BCUT2D eigenvalue weighted by Gasteiger charge is -2.16. The summed E-state index contributed by atoms with van der Waals surface area (Å²) in [5.41, 5.74) is 0.319. The zero-order valence-corrected chi connectivity index (χ0v) is 16.0. The van der Waals surface area contributed by atoms with E-state index in [0.717, 1.165) is 17.1 Å². The van der Waals surface area contributed by atoms with Gasteiger partial charge in [0, 0.05) is 19.8 Å². The number of sulfonamides is 1. The summed E-state index contributed by atoms with van der Waals surface area (Å²) in [6.45, 7) is 1.48. The molecule has 1 aromatic rings. The predicted octanol–water partition coefficient (Wildman–Crippen LogP) is 2.16. The van der Waals surface area contributed by atoms with Crippen molar-refractivity contribution in [3.8, 4) is 0 Å². The van der Waals surface area contributed by atoms with Crippen molar-refractivity contribution < 1.29 is 22.7 Å². The zero-order valence-electron chi connectivity index (χ0n) is 15.1. The molecule has 0 aromatic heterocycles. The van der Waals surface area contributed by atoms with E-state index in [1.165, 1.54) is 39.2 Å². The summed E-state index contributed by atoms with van der Waals surface area (Å²) in [6.07, 6.45) is 5.18. The summed E-state index contributed by atoms with van der Waals surface area (Å²) < 4.78 is 30.6. The summed E-state index contributed by atoms with van der Waals surface area (Å²) in [7, 11) is -0.733. The second-order valence-electron chi connectivity index (χ2n) is 6.41. The number of carbonyl (C=O) groups excluding carboxylic acids is 2. The first-order valence-corrected chi connectivity index (χ1v) is 9.83. The summed E-state index contributed by atoms with van der Waals surface area (Å²) >= 11 is 0. The fraction of sp³-hybridized carbons (Fsp3) is 0.444. The van der Waals surface area contributed by atoms with Crippen molar-refractivity contribution in [1.82, 2.24) is 4.31 Å². The number of hydrogen-bond acceptors (Lipinski definition) is 5. The number of carbonyl (C=O) groups is 2. The molecule has 1 aliphatic rings. The highest BCUT2D eigenvalue weighted by Gasteiger charge is 2.22. The highest BCUT2D eigenvalue weighted by molar-refractivity contribution is 7.89. The van der Waals surface area contributed by atoms with E-state index in [-0.39, 0.29) is 17.2 Å². The Balaban J connectivity index is 1.96. The molecule has 0 unspecified atom stereocenters. The maximum absolute atomic E-state index is 12.2. The number of rotatable bonds is 7. The van der Waals surface area contributed by atoms with Gasteiger partial charge in [0.1, 0.15) is 0 Å². The second kappa shape index (κ2) is 8.46. The van der Waals surface area contributed by atoms with Crippen LogP contribution in [-0.2, 0) is 24.3 Å². The lowest BCUT2D eigenvalue weighted by molar-refractivity contribution is -0.153. The molecule has 0 aliphatic heterocycles. The number of nitrogens with one attached hydrogen (secondary N) is 1. The fourth-order valence-electron chi connectivity index (χ4n) is 2.57. The Morgan fingerprint density at radius 3 is 2.69 bits per heavy atom. The van der Waals surface area contributed by atoms with Crippen LogP contribution >= 0.6 is 0 Å². The first-order chi connectivity index (χ1) is 12.2. The van der Waals surface area contributed by atoms with Gasteiger partial charge in [0.15, 0.2) is 6.10 Å². The van der Waals surface area contributed by atoms with Crippen molar-refractivity contribution in [2.24, 2.45) is 5.92 Å². The summed E-state index contributed by atoms with van der Waals surface area (Å²) in [5.74, 6) is -0.765. The van der Waals surface area contributed by atoms with Crippen molar-refractivity contribution in [3.63, 3.8) is 0 Å². The Kier molecular flexibility index (Phi) is 6.55. The van der Waals surface area contributed by atoms with Crippen molar-refractivity contribution >= 4 is 27.6 Å². The molecule has 7 nitrogen and oxygen atoms in total. The topological polar surface area (TPSA) is 92.8 Å². The van der Waals surface area contributed by atoms with Crippen LogP contribution in [0.1, 0.15) is 26.2 Å². The summed E-state index contributed by atoms with van der Waals surface area (Å²) in [5, 5.41) is 2.58. The van der Waals surface area contributed by atoms with E-state index < -0.39 is 28.0 Å². The number of anilines is 1. The highest BCUT2D eigenvalue weighted by Crippen LogP contribution is 2.21. The molecule has 0 fully saturated rings. The van der Waals surface area contributed by atoms with E-state index in [9.17, 15) is 18.0 Å². The molecule has 1 aromatic carbocycles. The zero-order chi connectivity index (χ0) is 19.3. The average Bonchev–Trinajstić information content (AvgIpc) is 3.07. The van der Waals surface area contributed by atoms with Gasteiger partial charge in [-0.15, -0.1) is 0 Å². The van der Waals surface area contributed by atoms with Gasteiger partial charge in [0.2, 0.25) is 10.0 Å². The predicted molar refractivity (Wildman–Crippen MR) is 98.0 cm³/mol. The lowest BCUT2D eigenvalue weighted by Crippen LogP contribution is -2.30. The van der Waals surface area contributed by atoms with Crippen LogP contribution in [0.3, 0.4) is 0 Å². The van der Waals surface area contributed by atoms with E-state index in [1.54, 1.807) is 6.07 Å². The molecule has 1 N–H and O–H groups in total. The molecule has 26 heavy (non-hydrogen) atoms. The highest BCUT2D eigenvalue weighted by atomic mass is 32.2. The number of allylic oxidation sites excluding steroid dienone is 2. The summed E-state index contributed by atoms with van der Waals surface area (Å²) in [4.78, 5) is 24.2. The molecule has 0 saturated carbocycles. The molecule has 0 saturated heterocycles. The van der Waals surface area contributed by atoms with E-state index >= 15 is 0 Å². The van der Waals surface area contributed by atoms with Crippen molar-refractivity contribution in [1.29, 1.82) is 0 Å². The van der Waals surface area contributed by atoms with Crippen molar-refractivity contribution in [3.05, 3.63) is 36.4 Å². The largest absolute Gasteiger partial charge is 0.453 e. The monoisotopic (exact) mass is 380 g/mol. The lowest BCUT2D eigenvalue weighted by atomic mass is 10.1. The van der Waals surface area contributed by atoms with E-state index in [1.807, 2.05) is 12.2 Å². The molecule has 0 bridgehead atoms. The van der Waals surface area contributed by atoms with E-state index in [4.69, 9.17) is 4.74 Å². The smallest absolute Gasteiger partial charge is 0.307 e. The minimum Gasteiger partial charge on any atom is -0.453 e. The van der Waals surface area contributed by atoms with Crippen molar-refractivity contribution in [2.45, 2.75) is 37.2 Å². The average molecular weight is 380 g/mol. The number of esters is 1. The third kappa shape index (κ3) is 5.15. The first kappa shape index (κ1) is 20.1. The Hall–Kier alpha value is -2.19. The molecule has 2 atom stereocenters. The molecule has 0 radical (unpaired) electrons. The maximum atomic E-state index is 12.2. The van der Waals surface area contributed by atoms with Crippen molar-refractivity contribution in [2.75, 3.05) is 19.4 Å². The Bertz CT molecular complexity index is 802. The fourth-order valence-corrected chi connectivity index (χ4v) is 3.52. The van der Waals surface area contributed by atoms with Crippen LogP contribution in [0, 0.1) is 5.92 Å². The molecule has 0 heterocycles. The number of ether oxygens (including phenoxy) is 1. The normalized spacial score (nSPS) is 17.9. The second-order valence-corrected chi connectivity index (χ2v) is 8.56. The Labute approximate surface area is 154 Å². The van der Waals surface area contributed by atoms with Crippen LogP contribution in [-0.4, -0.2) is 44.8 Å². The SMILES string of the molecule is C[C@@H](OC(=O)C[C@@H]1C=CCC1)C(=O)Nc1cccc(S(=O)(=O)N(C)C)c1. The quantitative estimate of drug-likeness (QED) is 0.578. The minimum absolute atomic E-state index is 0.0676. The maximum Gasteiger partial charge on any atom is 0.307 e. The number of hydrogen-bond donors (Lipinski definition) is 1. The van der Waals surface area contributed by atoms with Gasteiger partial charge in [0.05, 0.1) is 11.3 Å². The molecular weight excluding hydrogens is 356 g/mol. The van der Waals surface area contributed by atoms with Gasteiger partial charge in [-0.1, -0.05) is 18.2 Å². The van der Waals surface area contributed by atoms with Gasteiger partial charge in [-0.2, -0.15) is 0 Å². The Morgan fingerprint density at radius 1 is 1.35 bits per heavy atom. The third-order valence-electron chi connectivity index (χ3n) is 4.10. The van der Waals surface area contributed by atoms with Crippen LogP contribution in [0.5, 0.6) is 0 Å². The van der Waals surface area contributed by atoms with Crippen LogP contribution in [0.2, 0.25) is 0 Å². The van der Waals surface area contributed by atoms with Gasteiger partial charge < -0.3 is 10.1 Å². The van der Waals surface area contributed by atoms with Crippen LogP contribution in [0.25, 0.3) is 0 Å². The summed E-state index contributed by atoms with van der Waals surface area (Å²) in [6, 6.07) is 5.92. The van der Waals surface area contributed by atoms with Crippen LogP contribution in [0.15, 0.2) is 41.3 Å². The molecule has 1 amide bonds. The minimum atomic E-state index is -3.60. The first-order valence-electron chi connectivity index (χ1n) is 8.39. The molecule has 142 valence electrons. The molecule has 2 rings (SSSR count). The Morgan fingerprint density at radius 2 is 2.08 bits per heavy atom. The van der Waals surface area contributed by atoms with E-state index in [0.29, 0.717) is 5.69 Å². The van der Waals surface area contributed by atoms with Crippen LogP contribution < -0.4 is 5.32 Å². The van der Waals surface area contributed by atoms with Gasteiger partial charge in [0.25, 0.3) is 5.91 Å². The standard InChI is InChI=1S/C18H24N2O5S/c1-13(25-17(21)11-14-7-4-5-8-14)18(22)19-15-9-6-10-16(12-15)26(23,24)20(2)3/h4,6-7,9-10,12-14H,5,8,11H2,1-3H3,(H,19,22)/t13-,14-/m1/s1. The van der Waals surface area contributed by atoms with Gasteiger partial charge in [-0.3, -0.25) is 9.59 Å². The van der Waals surface area contributed by atoms with E-state index in [2.05, 4.69) is 5.32 Å². The van der Waals surface area contributed by atoms with Gasteiger partial charge in [-0.05, 0) is 43.9 Å².